The minimum Gasteiger partial charge on any atom is -0.383 e. The highest BCUT2D eigenvalue weighted by Crippen LogP contribution is 2.33. The Morgan fingerprint density at radius 2 is 1.77 bits per heavy atom. The fraction of sp³-hybridized carbons (Fsp3) is 0.364. The second kappa shape index (κ2) is 9.73. The number of sulfone groups is 1. The van der Waals surface area contributed by atoms with Crippen LogP contribution < -0.4 is 0 Å². The lowest BCUT2D eigenvalue weighted by Crippen LogP contribution is -2.39. The molecule has 0 amide bonds. The van der Waals surface area contributed by atoms with Crippen molar-refractivity contribution in [3.05, 3.63) is 70.6 Å². The third-order valence-electron chi connectivity index (χ3n) is 4.53. The van der Waals surface area contributed by atoms with Crippen LogP contribution in [0.25, 0.3) is 0 Å². The van der Waals surface area contributed by atoms with Crippen LogP contribution in [0.5, 0.6) is 0 Å². The lowest BCUT2D eigenvalue weighted by atomic mass is 9.84. The summed E-state index contributed by atoms with van der Waals surface area (Å²) in [5.74, 6) is -1.13. The van der Waals surface area contributed by atoms with E-state index in [1.807, 2.05) is 14.1 Å². The molecule has 0 fully saturated rings. The maximum absolute atomic E-state index is 13.7. The highest BCUT2D eigenvalue weighted by Gasteiger charge is 2.34. The van der Waals surface area contributed by atoms with Gasteiger partial charge in [-0.3, -0.25) is 9.78 Å². The first-order valence-corrected chi connectivity index (χ1v) is 11.4. The van der Waals surface area contributed by atoms with Gasteiger partial charge in [-0.1, -0.05) is 23.7 Å². The van der Waals surface area contributed by atoms with Crippen molar-refractivity contribution in [3.8, 4) is 0 Å². The Morgan fingerprint density at radius 1 is 1.13 bits per heavy atom. The first-order chi connectivity index (χ1) is 15.1. The van der Waals surface area contributed by atoms with Crippen LogP contribution >= 0.6 is 11.6 Å². The molecule has 0 saturated carbocycles. The molecule has 1 aromatic carbocycles. The molecular formula is C22H28ClN3O3S. The molecule has 0 bridgehead atoms. The van der Waals surface area contributed by atoms with Crippen molar-refractivity contribution in [3.63, 3.8) is 0 Å². The molecule has 8 heteroatoms. The largest absolute Gasteiger partial charge is 0.383 e. The van der Waals surface area contributed by atoms with Crippen LogP contribution in [0.4, 0.5) is 0 Å². The summed E-state index contributed by atoms with van der Waals surface area (Å²) in [6.45, 7) is -2.38. The number of halogens is 1. The summed E-state index contributed by atoms with van der Waals surface area (Å²) in [5, 5.41) is 0.405. The number of rotatable bonds is 8. The topological polar surface area (TPSA) is 70.6 Å². The molecule has 0 N–H and O–H groups in total. The summed E-state index contributed by atoms with van der Waals surface area (Å²) in [4.78, 5) is 21.4. The van der Waals surface area contributed by atoms with E-state index in [1.165, 1.54) is 30.5 Å². The van der Waals surface area contributed by atoms with E-state index < -0.39 is 28.6 Å². The monoisotopic (exact) mass is 452 g/mol. The summed E-state index contributed by atoms with van der Waals surface area (Å²) < 4.78 is 46.2. The maximum Gasteiger partial charge on any atom is 0.175 e. The summed E-state index contributed by atoms with van der Waals surface area (Å²) >= 11 is 6.64. The predicted molar refractivity (Wildman–Crippen MR) is 121 cm³/mol. The van der Waals surface area contributed by atoms with Crippen molar-refractivity contribution < 1.29 is 17.3 Å². The van der Waals surface area contributed by atoms with Gasteiger partial charge < -0.3 is 9.80 Å². The summed E-state index contributed by atoms with van der Waals surface area (Å²) in [7, 11) is 3.79. The maximum atomic E-state index is 13.7. The number of benzene rings is 1. The van der Waals surface area contributed by atoms with Crippen LogP contribution in [-0.4, -0.2) is 69.5 Å². The quantitative estimate of drug-likeness (QED) is 0.572. The average molecular weight is 453 g/mol. The van der Waals surface area contributed by atoms with Crippen molar-refractivity contribution >= 4 is 27.2 Å². The number of pyridine rings is 1. The molecule has 0 aliphatic heterocycles. The molecule has 2 aromatic rings. The molecular weight excluding hydrogens is 422 g/mol. The number of hydrogen-bond acceptors (Lipinski definition) is 6. The Balaban J connectivity index is 2.64. The number of aromatic nitrogens is 1. The number of aryl methyl sites for hydroxylation is 1. The first-order valence-electron chi connectivity index (χ1n) is 10.6. The number of ketones is 1. The van der Waals surface area contributed by atoms with E-state index in [0.717, 1.165) is 6.26 Å². The van der Waals surface area contributed by atoms with Crippen LogP contribution in [0.1, 0.15) is 31.6 Å². The van der Waals surface area contributed by atoms with Crippen molar-refractivity contribution in [1.82, 2.24) is 14.8 Å². The molecule has 0 aliphatic rings. The van der Waals surface area contributed by atoms with Gasteiger partial charge in [0.25, 0.3) is 0 Å². The number of likely N-dealkylation sites (N-methyl/N-ethyl adjacent to an activating group) is 1. The van der Waals surface area contributed by atoms with Crippen molar-refractivity contribution in [2.45, 2.75) is 23.7 Å². The molecule has 0 saturated heterocycles. The van der Waals surface area contributed by atoms with Gasteiger partial charge in [-0.25, -0.2) is 8.42 Å². The van der Waals surface area contributed by atoms with Gasteiger partial charge in [0.15, 0.2) is 15.6 Å². The zero-order valence-corrected chi connectivity index (χ0v) is 19.2. The molecule has 2 unspecified atom stereocenters. The highest BCUT2D eigenvalue weighted by atomic mass is 35.5. The Kier molecular flexibility index (Phi) is 6.39. The molecule has 2 rings (SSSR count). The van der Waals surface area contributed by atoms with Crippen LogP contribution in [-0.2, 0) is 9.84 Å². The third-order valence-corrected chi connectivity index (χ3v) is 5.98. The molecule has 1 heterocycles. The molecule has 0 spiro atoms. The highest BCUT2D eigenvalue weighted by molar-refractivity contribution is 7.90. The van der Waals surface area contributed by atoms with E-state index in [1.54, 1.807) is 42.2 Å². The number of hydrogen-bond donors (Lipinski definition) is 0. The van der Waals surface area contributed by atoms with Gasteiger partial charge >= 0.3 is 0 Å². The fourth-order valence-electron chi connectivity index (χ4n) is 3.15. The van der Waals surface area contributed by atoms with Crippen LogP contribution in [0.3, 0.4) is 0 Å². The number of nitrogens with zero attached hydrogens (tertiary/aromatic N) is 3. The summed E-state index contributed by atoms with van der Waals surface area (Å²) in [6, 6.07) is 8.28. The number of Topliss-reactive ketones (excluding diaryl/α,β-unsaturated/α-hetero) is 1. The van der Waals surface area contributed by atoms with E-state index in [4.69, 9.17) is 15.7 Å². The number of carbonyl (C=O) groups is 1. The van der Waals surface area contributed by atoms with E-state index in [-0.39, 0.29) is 21.9 Å². The molecule has 6 nitrogen and oxygen atoms in total. The second-order valence-electron chi connectivity index (χ2n) is 7.50. The first kappa shape index (κ1) is 19.7. The van der Waals surface area contributed by atoms with Crippen molar-refractivity contribution in [2.24, 2.45) is 0 Å². The van der Waals surface area contributed by atoms with Gasteiger partial charge in [-0.2, -0.15) is 0 Å². The van der Waals surface area contributed by atoms with Crippen LogP contribution in [0, 0.1) is 6.85 Å². The van der Waals surface area contributed by atoms with Crippen molar-refractivity contribution in [2.75, 3.05) is 34.4 Å². The molecule has 0 radical (unpaired) electrons. The summed E-state index contributed by atoms with van der Waals surface area (Å²) in [5.41, 5.74) is 0.681. The molecule has 1 aromatic heterocycles. The molecule has 30 heavy (non-hydrogen) atoms. The summed E-state index contributed by atoms with van der Waals surface area (Å²) in [6.07, 6.45) is 4.06. The van der Waals surface area contributed by atoms with Gasteiger partial charge in [0.1, 0.15) is 0 Å². The van der Waals surface area contributed by atoms with Crippen LogP contribution in [0.2, 0.25) is 0 Å². The van der Waals surface area contributed by atoms with Gasteiger partial charge in [0, 0.05) is 48.1 Å². The number of carbonyl (C=O) groups excluding carboxylic acids is 1. The Hall–Kier alpha value is -2.22. The average Bonchev–Trinajstić information content (AvgIpc) is 2.69. The van der Waals surface area contributed by atoms with E-state index in [9.17, 15) is 13.2 Å². The van der Waals surface area contributed by atoms with Gasteiger partial charge in [0.05, 0.1) is 21.9 Å². The fourth-order valence-corrected chi connectivity index (χ4v) is 4.29. The van der Waals surface area contributed by atoms with Gasteiger partial charge in [0.2, 0.25) is 0 Å². The smallest absolute Gasteiger partial charge is 0.175 e. The van der Waals surface area contributed by atoms with Crippen molar-refractivity contribution in [1.29, 1.82) is 0 Å². The zero-order valence-electron chi connectivity index (χ0n) is 20.6. The van der Waals surface area contributed by atoms with Gasteiger partial charge in [-0.15, -0.1) is 0 Å². The van der Waals surface area contributed by atoms with E-state index in [2.05, 4.69) is 4.98 Å². The Morgan fingerprint density at radius 3 is 2.20 bits per heavy atom. The van der Waals surface area contributed by atoms with Crippen LogP contribution in [0.15, 0.2) is 58.7 Å². The lowest BCUT2D eigenvalue weighted by molar-refractivity contribution is 0.0921. The molecule has 162 valence electrons. The van der Waals surface area contributed by atoms with E-state index in [0.29, 0.717) is 10.6 Å². The third kappa shape index (κ3) is 5.90. The lowest BCUT2D eigenvalue weighted by Gasteiger charge is -2.32. The normalized spacial score (nSPS) is 16.4. The SMILES string of the molecule is [2H]C([2H])([2H])c1ccc(C(=O)C(c2ccc(S(C)(=O)=O)cc2)C(/C(Cl)=C/N(C)C)N(C)C)cn1. The minimum atomic E-state index is -3.41. The Bertz CT molecular complexity index is 1110. The van der Waals surface area contributed by atoms with E-state index >= 15 is 0 Å². The predicted octanol–water partition coefficient (Wildman–Crippen LogP) is 3.33. The molecule has 0 aliphatic carbocycles. The Labute approximate surface area is 188 Å². The second-order valence-corrected chi connectivity index (χ2v) is 9.95. The minimum absolute atomic E-state index is 0.109. The standard InChI is InChI=1S/C22H28ClN3O3S/c1-15-7-8-17(13-24-15)22(27)20(21(26(4)5)19(23)14-25(2)3)16-9-11-18(12-10-16)30(6,28)29/h7-14,20-21H,1-6H3/b19-14-/i1D3. The molecule has 2 atom stereocenters. The van der Waals surface area contributed by atoms with Gasteiger partial charge in [-0.05, 0) is 50.8 Å². The zero-order chi connectivity index (χ0) is 25.1.